The summed E-state index contributed by atoms with van der Waals surface area (Å²) in [5, 5.41) is 42.1. The summed E-state index contributed by atoms with van der Waals surface area (Å²) in [6.07, 6.45) is 38.2. The molecule has 0 heterocycles. The van der Waals surface area contributed by atoms with Gasteiger partial charge in [0.15, 0.2) is 35.5 Å². The fourth-order valence-electron chi connectivity index (χ4n) is 31.7. The van der Waals surface area contributed by atoms with Gasteiger partial charge in [0.2, 0.25) is 0 Å². The Morgan fingerprint density at radius 1 is 0.328 bits per heavy atom. The van der Waals surface area contributed by atoms with Crippen LogP contribution < -0.4 is 0 Å². The normalized spacial score (nSPS) is 47.2. The molecule has 16 nitrogen and oxygen atoms in total. The molecule has 27 heteroatoms. The van der Waals surface area contributed by atoms with Crippen molar-refractivity contribution in [3.8, 4) is 0 Å². The minimum absolute atomic E-state index is 0.00249. The number of carbonyl (C=O) groups is 4. The molecule has 32 atom stereocenters. The van der Waals surface area contributed by atoms with E-state index in [4.69, 9.17) is 0 Å². The molecule has 16 aliphatic carbocycles. The number of hydrogen-bond acceptors (Lipinski definition) is 20. The summed E-state index contributed by atoms with van der Waals surface area (Å²) >= 11 is 0. The molecule has 0 radical (unpaired) electrons. The average Bonchev–Trinajstić information content (AvgIpc) is 1.56. The lowest BCUT2D eigenvalue weighted by molar-refractivity contribution is -0.160. The second-order valence-corrected chi connectivity index (χ2v) is 60.8. The fraction of sp³-hybridized carbons (Fsp3) is 0.955. The van der Waals surface area contributed by atoms with Crippen molar-refractivity contribution in [2.24, 2.45) is 164 Å². The summed E-state index contributed by atoms with van der Waals surface area (Å²) in [6.45, 7) is 12.7. The molecule has 4 N–H and O–H groups in total. The molecule has 16 aliphatic rings. The van der Waals surface area contributed by atoms with Gasteiger partial charge in [-0.05, 0) is 428 Å². The zero-order chi connectivity index (χ0) is 84.3. The first-order valence-electron chi connectivity index (χ1n) is 45.3. The van der Waals surface area contributed by atoms with Crippen molar-refractivity contribution in [3.63, 3.8) is 0 Å². The highest BCUT2D eigenvalue weighted by molar-refractivity contribution is 8.73. The van der Waals surface area contributed by atoms with Gasteiger partial charge in [0.25, 0.3) is 6.43 Å². The lowest BCUT2D eigenvalue weighted by atomic mass is 9.48. The molecule has 0 spiro atoms. The summed E-state index contributed by atoms with van der Waals surface area (Å²) < 4.78 is 132. The van der Waals surface area contributed by atoms with Crippen molar-refractivity contribution < 1.29 is 86.4 Å². The number of ketones is 4. The van der Waals surface area contributed by atoms with E-state index in [0.29, 0.717) is 96.2 Å². The molecular formula is C89H143F3O16S8. The predicted molar refractivity (Wildman–Crippen MR) is 459 cm³/mol. The summed E-state index contributed by atoms with van der Waals surface area (Å²) in [7, 11) is -9.62. The zero-order valence-electron chi connectivity index (χ0n) is 71.2. The van der Waals surface area contributed by atoms with Gasteiger partial charge in [-0.15, -0.1) is 0 Å². The largest absolute Gasteiger partial charge is 0.390 e. The molecule has 0 amide bonds. The number of alkyl halides is 3. The maximum atomic E-state index is 13.4. The van der Waals surface area contributed by atoms with Crippen molar-refractivity contribution in [2.45, 2.75) is 308 Å². The van der Waals surface area contributed by atoms with Gasteiger partial charge in [0.1, 0.15) is 35.4 Å². The number of halogens is 3. The molecule has 16 saturated carbocycles. The molecule has 0 aliphatic heterocycles. The van der Waals surface area contributed by atoms with E-state index in [2.05, 4.69) is 34.6 Å². The molecule has 16 fully saturated rings. The van der Waals surface area contributed by atoms with E-state index in [1.54, 1.807) is 0 Å². The molecule has 12 unspecified atom stereocenters. The van der Waals surface area contributed by atoms with Gasteiger partial charge in [-0.2, -0.15) is 0 Å². The van der Waals surface area contributed by atoms with Gasteiger partial charge in [-0.25, -0.2) is 46.8 Å². The maximum absolute atomic E-state index is 13.4. The summed E-state index contributed by atoms with van der Waals surface area (Å²) in [4.78, 5) is 51.6. The lowest BCUT2D eigenvalue weighted by Crippen LogP contribution is -2.53. The number of hydrogen-bond donors (Lipinski definition) is 4. The van der Waals surface area contributed by atoms with Crippen molar-refractivity contribution in [1.29, 1.82) is 0 Å². The Balaban J connectivity index is 0.000000135. The average molecular weight is 1780 g/mol. The monoisotopic (exact) mass is 1780 g/mol. The van der Waals surface area contributed by atoms with Crippen molar-refractivity contribution in [1.82, 2.24) is 0 Å². The summed E-state index contributed by atoms with van der Waals surface area (Å²) in [6, 6.07) is 0. The van der Waals surface area contributed by atoms with Gasteiger partial charge in [-0.3, -0.25) is 19.2 Å². The highest BCUT2D eigenvalue weighted by Gasteiger charge is 2.65. The second-order valence-electron chi connectivity index (χ2n) is 43.0. The number of Topliss-reactive ketones (excluding diaryl/α,β-unsaturated/α-hetero) is 4. The van der Waals surface area contributed by atoms with Gasteiger partial charge in [0.05, 0.1) is 39.8 Å². The van der Waals surface area contributed by atoms with Crippen LogP contribution >= 0.6 is 43.2 Å². The predicted octanol–water partition coefficient (Wildman–Crippen LogP) is 17.7. The second kappa shape index (κ2) is 35.3. The molecule has 0 bridgehead atoms. The van der Waals surface area contributed by atoms with Crippen LogP contribution in [-0.4, -0.2) is 161 Å². The molecular weight excluding hydrogens is 1640 g/mol. The minimum atomic E-state index is -3.22. The molecule has 0 aromatic heterocycles. The van der Waals surface area contributed by atoms with Crippen LogP contribution in [0, 0.1) is 164 Å². The van der Waals surface area contributed by atoms with E-state index in [0.717, 1.165) is 245 Å². The smallest absolute Gasteiger partial charge is 0.266 e. The van der Waals surface area contributed by atoms with Gasteiger partial charge >= 0.3 is 0 Å². The third-order valence-corrected chi connectivity index (χ3v) is 46.9. The van der Waals surface area contributed by atoms with Crippen LogP contribution in [-0.2, 0) is 54.7 Å². The Bertz CT molecular complexity index is 3910. The minimum Gasteiger partial charge on any atom is -0.390 e. The zero-order valence-corrected chi connectivity index (χ0v) is 77.8. The molecule has 16 rings (SSSR count). The highest BCUT2D eigenvalue weighted by atomic mass is 33.2. The number of carbonyl (C=O) groups excluding carboxylic acids is 4. The third-order valence-electron chi connectivity index (χ3n) is 37.0. The van der Waals surface area contributed by atoms with Crippen LogP contribution in [0.3, 0.4) is 0 Å². The van der Waals surface area contributed by atoms with Crippen LogP contribution in [0.1, 0.15) is 279 Å². The van der Waals surface area contributed by atoms with Crippen molar-refractivity contribution >= 4 is 102 Å². The maximum Gasteiger partial charge on any atom is 0.266 e. The SMILES string of the molecule is CC[C@@]1(O)CC[C@@H]2C3CC[C@@]4(C)C(CC[C@@H]4C(=O)CSS(C)(=O)=O)C3CC[C@H]2C1.C[C@@]1(O)CC[C@@H]2C3CC[C@@]4(C)C(CC[C@@H]4C(=O)CSS(C)(=O)=O)C3CC[C@H]2C1.C[C@]12CCC3C(CC[C@H]4C[C@@](O)(C(F)F)CC[C@H]34)C1CC[C@@H]2C(=O)CSS(C)(=O)=O.C[C@]12CCC3C(CC[C@H]4C[C@@](O)(CF)CC[C@H]34)C1CC[C@@H]2C(=O)CSS(C)(=O)=O. The Kier molecular flexibility index (Phi) is 28.3. The van der Waals surface area contributed by atoms with Crippen molar-refractivity contribution in [2.75, 3.05) is 54.7 Å². The molecule has 116 heavy (non-hydrogen) atoms. The first-order valence-corrected chi connectivity index (χ1v) is 58.9. The summed E-state index contributed by atoms with van der Waals surface area (Å²) in [5.41, 5.74) is -3.76. The molecule has 0 aromatic carbocycles. The van der Waals surface area contributed by atoms with Gasteiger partial charge < -0.3 is 20.4 Å². The van der Waals surface area contributed by atoms with E-state index >= 15 is 0 Å². The standard InChI is InChI=1S/C23H38O4S2.C22H34F2O4S2.C22H35FO4S2.C22H36O4S2/c1-4-23(25)12-10-16-15(13-23)5-6-18-17(16)9-11-22(2)19(18)7-8-20(22)21(24)14-28-29(3,26)27;1-21-9-7-15-14-8-10-22(26,20(23)24)11-13(14)3-4-16(15)17(21)5-6-18(21)19(25)12-29-30(2,27)28;1-21-9-7-16-15-8-10-22(25,13-23)11-14(15)3-4-17(16)18(21)5-6-19(21)20(24)12-28-29(2,26)27;1-21(24)10-8-15-14(12-21)4-5-17-16(15)9-11-22(2)18(17)6-7-19(22)20(23)13-27-28(3,25)26/h15-20,25H,4-14H2,1-3H3;13-18,20,26H,3-12H2,1-2H3;14-19,25H,3-13H2,1-2H3;14-19,24H,4-13H2,1-3H3/t15-,16-,17?,18?,19?,20+,22-,23+;13-,14-,15?,16?,17?,18+,21-,22+;14-,15-,16?,17?,18?,19+,21-,22+;14-,15-,16?,17?,18?,19+,21+,22-/m0000/s1. The Labute approximate surface area is 709 Å². The quantitative estimate of drug-likeness (QED) is 0.0874. The Morgan fingerprint density at radius 3 is 0.871 bits per heavy atom. The van der Waals surface area contributed by atoms with Crippen LogP contribution in [0.4, 0.5) is 13.2 Å². The Morgan fingerprint density at radius 2 is 0.586 bits per heavy atom. The van der Waals surface area contributed by atoms with E-state index < -0.39 is 71.0 Å². The number of fused-ring (bicyclic) bond motifs is 20. The van der Waals surface area contributed by atoms with Crippen LogP contribution in [0.15, 0.2) is 0 Å². The first-order chi connectivity index (χ1) is 54.1. The van der Waals surface area contributed by atoms with Gasteiger partial charge in [-0.1, -0.05) is 34.6 Å². The summed E-state index contributed by atoms with van der Waals surface area (Å²) in [5.74, 6) is 12.9. The Hall–Kier alpha value is -0.490. The molecule has 0 saturated heterocycles. The fourth-order valence-corrected chi connectivity index (χ4v) is 37.8. The highest BCUT2D eigenvalue weighted by Crippen LogP contribution is 2.70. The number of aliphatic hydroxyl groups is 4. The third kappa shape index (κ3) is 19.5. The first kappa shape index (κ1) is 93.2. The van der Waals surface area contributed by atoms with Crippen LogP contribution in [0.2, 0.25) is 0 Å². The number of rotatable bonds is 19. The van der Waals surface area contributed by atoms with E-state index in [9.17, 15) is 86.4 Å². The van der Waals surface area contributed by atoms with E-state index in [1.807, 2.05) is 6.92 Å². The van der Waals surface area contributed by atoms with Gasteiger partial charge in [0, 0.05) is 48.7 Å². The molecule has 664 valence electrons. The molecule has 0 aromatic rings. The van der Waals surface area contributed by atoms with E-state index in [-0.39, 0.29) is 110 Å². The van der Waals surface area contributed by atoms with E-state index in [1.165, 1.54) is 63.7 Å². The van der Waals surface area contributed by atoms with Crippen molar-refractivity contribution in [3.05, 3.63) is 0 Å². The lowest BCUT2D eigenvalue weighted by Gasteiger charge is -2.57. The van der Waals surface area contributed by atoms with Crippen LogP contribution in [0.25, 0.3) is 0 Å². The van der Waals surface area contributed by atoms with Crippen LogP contribution in [0.5, 0.6) is 0 Å². The topological polar surface area (TPSA) is 286 Å².